The number of benzene rings is 1. The number of halogens is 1. The van der Waals surface area contributed by atoms with Crippen LogP contribution in [0.3, 0.4) is 0 Å². The quantitative estimate of drug-likeness (QED) is 0.885. The zero-order valence-corrected chi connectivity index (χ0v) is 12.8. The van der Waals surface area contributed by atoms with Gasteiger partial charge in [0.1, 0.15) is 0 Å². The van der Waals surface area contributed by atoms with E-state index in [1.807, 2.05) is 24.3 Å². The second-order valence-corrected chi connectivity index (χ2v) is 7.28. The zero-order valence-electron chi connectivity index (χ0n) is 11.2. The summed E-state index contributed by atoms with van der Waals surface area (Å²) < 4.78 is 25.5. The van der Waals surface area contributed by atoms with E-state index >= 15 is 0 Å². The molecule has 0 atom stereocenters. The van der Waals surface area contributed by atoms with Crippen molar-refractivity contribution in [1.29, 1.82) is 0 Å². The first-order valence-electron chi connectivity index (χ1n) is 6.62. The predicted molar refractivity (Wildman–Crippen MR) is 80.7 cm³/mol. The van der Waals surface area contributed by atoms with Crippen LogP contribution in [0, 0.1) is 0 Å². The Morgan fingerprint density at radius 1 is 1.10 bits per heavy atom. The van der Waals surface area contributed by atoms with Crippen molar-refractivity contribution >= 4 is 27.3 Å². The van der Waals surface area contributed by atoms with Gasteiger partial charge in [0.15, 0.2) is 0 Å². The number of sulfonamides is 1. The van der Waals surface area contributed by atoms with Gasteiger partial charge in [0, 0.05) is 43.5 Å². The molecule has 1 aliphatic heterocycles. The standard InChI is InChI=1S/C13H19ClN2O3S/c14-12-2-4-13(5-3-12)15-6-8-16(9-7-15)20(18,19)11-1-10-17/h2-5,17H,1,6-11H2. The van der Waals surface area contributed by atoms with Gasteiger partial charge in [-0.15, -0.1) is 0 Å². The third-order valence-electron chi connectivity index (χ3n) is 3.38. The minimum Gasteiger partial charge on any atom is -0.396 e. The summed E-state index contributed by atoms with van der Waals surface area (Å²) in [6, 6.07) is 7.55. The molecule has 112 valence electrons. The van der Waals surface area contributed by atoms with Gasteiger partial charge >= 0.3 is 0 Å². The highest BCUT2D eigenvalue weighted by Gasteiger charge is 2.26. The molecular formula is C13H19ClN2O3S. The largest absolute Gasteiger partial charge is 0.396 e. The van der Waals surface area contributed by atoms with E-state index in [-0.39, 0.29) is 12.4 Å². The van der Waals surface area contributed by atoms with E-state index < -0.39 is 10.0 Å². The van der Waals surface area contributed by atoms with Crippen LogP contribution in [0.15, 0.2) is 24.3 Å². The van der Waals surface area contributed by atoms with Gasteiger partial charge in [-0.2, -0.15) is 4.31 Å². The summed E-state index contributed by atoms with van der Waals surface area (Å²) in [6.07, 6.45) is 0.291. The lowest BCUT2D eigenvalue weighted by molar-refractivity contribution is 0.293. The van der Waals surface area contributed by atoms with E-state index in [0.29, 0.717) is 37.6 Å². The van der Waals surface area contributed by atoms with Crippen LogP contribution in [0.4, 0.5) is 5.69 Å². The van der Waals surface area contributed by atoms with Crippen molar-refractivity contribution < 1.29 is 13.5 Å². The third-order valence-corrected chi connectivity index (χ3v) is 5.59. The molecule has 0 spiro atoms. The molecular weight excluding hydrogens is 300 g/mol. The molecule has 5 nitrogen and oxygen atoms in total. The lowest BCUT2D eigenvalue weighted by atomic mass is 10.2. The molecule has 0 amide bonds. The van der Waals surface area contributed by atoms with Crippen molar-refractivity contribution in [3.8, 4) is 0 Å². The summed E-state index contributed by atoms with van der Waals surface area (Å²) in [6.45, 7) is 2.21. The number of piperazine rings is 1. The minimum absolute atomic E-state index is 0.0183. The van der Waals surface area contributed by atoms with Gasteiger partial charge in [-0.05, 0) is 30.7 Å². The average molecular weight is 319 g/mol. The molecule has 0 bridgehead atoms. The van der Waals surface area contributed by atoms with Crippen molar-refractivity contribution in [3.63, 3.8) is 0 Å². The molecule has 1 fully saturated rings. The SMILES string of the molecule is O=S(=O)(CCCO)N1CCN(c2ccc(Cl)cc2)CC1. The Balaban J connectivity index is 1.93. The maximum atomic E-state index is 12.0. The van der Waals surface area contributed by atoms with Crippen molar-refractivity contribution in [2.45, 2.75) is 6.42 Å². The first kappa shape index (κ1) is 15.6. The monoisotopic (exact) mass is 318 g/mol. The Labute approximate surface area is 124 Å². The van der Waals surface area contributed by atoms with Crippen molar-refractivity contribution in [2.75, 3.05) is 43.4 Å². The molecule has 0 unspecified atom stereocenters. The number of aliphatic hydroxyl groups excluding tert-OH is 1. The van der Waals surface area contributed by atoms with E-state index in [0.717, 1.165) is 5.69 Å². The van der Waals surface area contributed by atoms with Crippen LogP contribution in [0.25, 0.3) is 0 Å². The Morgan fingerprint density at radius 2 is 1.70 bits per heavy atom. The summed E-state index contributed by atoms with van der Waals surface area (Å²) >= 11 is 5.86. The fourth-order valence-corrected chi connectivity index (χ4v) is 3.85. The Bertz CT molecular complexity index is 525. The van der Waals surface area contributed by atoms with Crippen molar-refractivity contribution in [2.24, 2.45) is 0 Å². The number of hydrogen-bond acceptors (Lipinski definition) is 4. The van der Waals surface area contributed by atoms with E-state index in [4.69, 9.17) is 16.7 Å². The van der Waals surface area contributed by atoms with Gasteiger partial charge in [-0.3, -0.25) is 0 Å². The van der Waals surface area contributed by atoms with E-state index in [2.05, 4.69) is 4.90 Å². The van der Waals surface area contributed by atoms with Gasteiger partial charge in [-0.25, -0.2) is 8.42 Å². The summed E-state index contributed by atoms with van der Waals surface area (Å²) in [5.41, 5.74) is 1.06. The average Bonchev–Trinajstić information content (AvgIpc) is 2.46. The first-order valence-corrected chi connectivity index (χ1v) is 8.61. The van der Waals surface area contributed by atoms with Crippen LogP contribution < -0.4 is 4.90 Å². The third kappa shape index (κ3) is 3.85. The van der Waals surface area contributed by atoms with Crippen LogP contribution in [-0.2, 0) is 10.0 Å². The predicted octanol–water partition coefficient (Wildman–Crippen LogP) is 1.17. The summed E-state index contributed by atoms with van der Waals surface area (Å²) in [5.74, 6) is 0.0183. The molecule has 1 N–H and O–H groups in total. The molecule has 2 rings (SSSR count). The number of hydrogen-bond donors (Lipinski definition) is 1. The normalized spacial score (nSPS) is 17.4. The maximum absolute atomic E-state index is 12.0. The van der Waals surface area contributed by atoms with Crippen molar-refractivity contribution in [1.82, 2.24) is 4.31 Å². The van der Waals surface area contributed by atoms with Crippen LogP contribution in [0.2, 0.25) is 5.02 Å². The summed E-state index contributed by atoms with van der Waals surface area (Å²) in [5, 5.41) is 9.43. The van der Waals surface area contributed by atoms with E-state index in [9.17, 15) is 8.42 Å². The molecule has 20 heavy (non-hydrogen) atoms. The van der Waals surface area contributed by atoms with Gasteiger partial charge < -0.3 is 10.0 Å². The Kier molecular flexibility index (Phi) is 5.26. The summed E-state index contributed by atoms with van der Waals surface area (Å²) in [7, 11) is -3.23. The van der Waals surface area contributed by atoms with Crippen molar-refractivity contribution in [3.05, 3.63) is 29.3 Å². The molecule has 0 aromatic heterocycles. The van der Waals surface area contributed by atoms with E-state index in [1.54, 1.807) is 0 Å². The Hall–Kier alpha value is -0.820. The van der Waals surface area contributed by atoms with Gasteiger partial charge in [0.25, 0.3) is 0 Å². The highest BCUT2D eigenvalue weighted by atomic mass is 35.5. The maximum Gasteiger partial charge on any atom is 0.214 e. The number of anilines is 1. The van der Waals surface area contributed by atoms with Gasteiger partial charge in [0.2, 0.25) is 10.0 Å². The molecule has 0 radical (unpaired) electrons. The van der Waals surface area contributed by atoms with Crippen LogP contribution in [-0.4, -0.2) is 56.4 Å². The number of rotatable bonds is 5. The number of aliphatic hydroxyl groups is 1. The minimum atomic E-state index is -3.23. The number of nitrogens with zero attached hydrogens (tertiary/aromatic N) is 2. The second-order valence-electron chi connectivity index (χ2n) is 4.76. The van der Waals surface area contributed by atoms with Crippen LogP contribution >= 0.6 is 11.6 Å². The van der Waals surface area contributed by atoms with Crippen LogP contribution in [0.5, 0.6) is 0 Å². The second kappa shape index (κ2) is 6.76. The molecule has 7 heteroatoms. The molecule has 1 aromatic carbocycles. The Morgan fingerprint density at radius 3 is 2.25 bits per heavy atom. The smallest absolute Gasteiger partial charge is 0.214 e. The lowest BCUT2D eigenvalue weighted by Gasteiger charge is -2.35. The van der Waals surface area contributed by atoms with Crippen LogP contribution in [0.1, 0.15) is 6.42 Å². The van der Waals surface area contributed by atoms with Gasteiger partial charge in [-0.1, -0.05) is 11.6 Å². The zero-order chi connectivity index (χ0) is 14.6. The highest BCUT2D eigenvalue weighted by molar-refractivity contribution is 7.89. The van der Waals surface area contributed by atoms with Gasteiger partial charge in [0.05, 0.1) is 5.75 Å². The topological polar surface area (TPSA) is 60.9 Å². The molecule has 1 aromatic rings. The molecule has 1 aliphatic rings. The fraction of sp³-hybridized carbons (Fsp3) is 0.538. The highest BCUT2D eigenvalue weighted by Crippen LogP contribution is 2.20. The molecule has 0 aliphatic carbocycles. The lowest BCUT2D eigenvalue weighted by Crippen LogP contribution is -2.49. The van der Waals surface area contributed by atoms with E-state index in [1.165, 1.54) is 4.31 Å². The molecule has 1 heterocycles. The molecule has 0 saturated carbocycles. The first-order chi connectivity index (χ1) is 9.53. The summed E-state index contributed by atoms with van der Waals surface area (Å²) in [4.78, 5) is 2.15. The fourth-order valence-electron chi connectivity index (χ4n) is 2.25. The molecule has 1 saturated heterocycles.